The summed E-state index contributed by atoms with van der Waals surface area (Å²) < 4.78 is 34.3. The van der Waals surface area contributed by atoms with Gasteiger partial charge in [-0.3, -0.25) is 14.5 Å². The van der Waals surface area contributed by atoms with Gasteiger partial charge in [-0.25, -0.2) is 13.1 Å². The van der Waals surface area contributed by atoms with E-state index in [0.717, 1.165) is 24.9 Å². The van der Waals surface area contributed by atoms with Crippen LogP contribution < -0.4 is 14.9 Å². The van der Waals surface area contributed by atoms with Crippen molar-refractivity contribution in [2.75, 3.05) is 57.0 Å². The zero-order valence-corrected chi connectivity index (χ0v) is 21.1. The quantitative estimate of drug-likeness (QED) is 0.264. The number of hydrogen-bond acceptors (Lipinski definition) is 6. The Balaban J connectivity index is 0.00000341. The largest absolute Gasteiger partial charge is 0.377 e. The number of anilines is 1. The molecule has 0 spiro atoms. The van der Waals surface area contributed by atoms with Crippen molar-refractivity contribution in [3.63, 3.8) is 0 Å². The summed E-state index contributed by atoms with van der Waals surface area (Å²) >= 11 is 0. The van der Waals surface area contributed by atoms with Gasteiger partial charge in [-0.05, 0) is 19.3 Å². The molecule has 0 aromatic carbocycles. The second-order valence-corrected chi connectivity index (χ2v) is 9.40. The number of ether oxygens (including phenoxy) is 1. The van der Waals surface area contributed by atoms with Gasteiger partial charge in [0.1, 0.15) is 6.54 Å². The van der Waals surface area contributed by atoms with Gasteiger partial charge in [0.25, 0.3) is 0 Å². The molecule has 176 valence electrons. The molecule has 3 rings (SSSR count). The number of guanidine groups is 1. The van der Waals surface area contributed by atoms with Crippen LogP contribution in [0.5, 0.6) is 0 Å². The van der Waals surface area contributed by atoms with Crippen LogP contribution in [0.1, 0.15) is 19.3 Å². The highest BCUT2D eigenvalue weighted by Crippen LogP contribution is 2.16. The summed E-state index contributed by atoms with van der Waals surface area (Å²) in [5.74, 6) is 0.376. The summed E-state index contributed by atoms with van der Waals surface area (Å²) in [7, 11) is 0.00588. The lowest BCUT2D eigenvalue weighted by Gasteiger charge is -2.35. The van der Waals surface area contributed by atoms with Crippen LogP contribution in [-0.4, -0.2) is 93.2 Å². The maximum absolute atomic E-state index is 12.6. The fraction of sp³-hybridized carbons (Fsp3) is 0.722. The van der Waals surface area contributed by atoms with E-state index in [0.29, 0.717) is 32.2 Å². The van der Waals surface area contributed by atoms with Crippen LogP contribution in [-0.2, 0) is 26.6 Å². The van der Waals surface area contributed by atoms with Gasteiger partial charge in [-0.2, -0.15) is 5.10 Å². The van der Waals surface area contributed by atoms with Gasteiger partial charge < -0.3 is 19.9 Å². The second-order valence-electron chi connectivity index (χ2n) is 7.47. The van der Waals surface area contributed by atoms with Crippen molar-refractivity contribution in [2.45, 2.75) is 25.4 Å². The molecule has 2 aliphatic rings. The molecule has 3 heterocycles. The molecule has 1 aromatic rings. The van der Waals surface area contributed by atoms with Gasteiger partial charge in [-0.1, -0.05) is 0 Å². The standard InChI is InChI=1S/C18H31N7O4S.HI/c1-19-18(20-6-10-30(27,28)22-12-16-5-3-4-9-29-16)24-7-8-25(17(26)14-24)15-11-21-23(2)13-15;/h11,13,16,22H,3-10,12,14H2,1-2H3,(H,19,20);1H. The summed E-state index contributed by atoms with van der Waals surface area (Å²) in [6, 6.07) is 0. The Morgan fingerprint density at radius 3 is 2.77 bits per heavy atom. The molecule has 31 heavy (non-hydrogen) atoms. The zero-order chi connectivity index (χ0) is 21.6. The molecule has 1 aromatic heterocycles. The molecule has 2 aliphatic heterocycles. The average Bonchev–Trinajstić information content (AvgIpc) is 3.16. The molecule has 0 radical (unpaired) electrons. The molecule has 0 bridgehead atoms. The van der Waals surface area contributed by atoms with Crippen molar-refractivity contribution in [3.05, 3.63) is 12.4 Å². The molecule has 11 nitrogen and oxygen atoms in total. The Morgan fingerprint density at radius 2 is 2.16 bits per heavy atom. The number of nitrogens with one attached hydrogen (secondary N) is 2. The number of sulfonamides is 1. The number of amides is 1. The van der Waals surface area contributed by atoms with Gasteiger partial charge >= 0.3 is 0 Å². The van der Waals surface area contributed by atoms with Crippen LogP contribution in [0.3, 0.4) is 0 Å². The number of aryl methyl sites for hydroxylation is 1. The van der Waals surface area contributed by atoms with E-state index >= 15 is 0 Å². The van der Waals surface area contributed by atoms with Gasteiger partial charge in [0, 0.05) is 53.1 Å². The predicted octanol–water partition coefficient (Wildman–Crippen LogP) is -0.249. The van der Waals surface area contributed by atoms with Crippen LogP contribution in [0.15, 0.2) is 17.4 Å². The predicted molar refractivity (Wildman–Crippen MR) is 129 cm³/mol. The molecule has 2 saturated heterocycles. The Hall–Kier alpha value is -1.45. The minimum Gasteiger partial charge on any atom is -0.377 e. The van der Waals surface area contributed by atoms with Crippen molar-refractivity contribution in [2.24, 2.45) is 12.0 Å². The average molecular weight is 569 g/mol. The smallest absolute Gasteiger partial charge is 0.246 e. The highest BCUT2D eigenvalue weighted by atomic mass is 127. The van der Waals surface area contributed by atoms with Gasteiger partial charge in [0.15, 0.2) is 5.96 Å². The van der Waals surface area contributed by atoms with E-state index in [1.165, 1.54) is 0 Å². The monoisotopic (exact) mass is 569 g/mol. The van der Waals surface area contributed by atoms with E-state index in [1.807, 2.05) is 4.90 Å². The van der Waals surface area contributed by atoms with Crippen molar-refractivity contribution < 1.29 is 17.9 Å². The lowest BCUT2D eigenvalue weighted by molar-refractivity contribution is -0.120. The first-order valence-electron chi connectivity index (χ1n) is 10.2. The summed E-state index contributed by atoms with van der Waals surface area (Å²) in [6.45, 7) is 2.46. The molecule has 2 fully saturated rings. The SMILES string of the molecule is CN=C(NCCS(=O)(=O)NCC1CCCCO1)N1CCN(c2cnn(C)c2)C(=O)C1.I. The van der Waals surface area contributed by atoms with Crippen LogP contribution in [0.4, 0.5) is 5.69 Å². The summed E-state index contributed by atoms with van der Waals surface area (Å²) in [5, 5.41) is 7.16. The number of carbonyl (C=O) groups is 1. The van der Waals surface area contributed by atoms with Crippen molar-refractivity contribution in [1.29, 1.82) is 0 Å². The third-order valence-electron chi connectivity index (χ3n) is 5.19. The van der Waals surface area contributed by atoms with Crippen molar-refractivity contribution in [3.8, 4) is 0 Å². The highest BCUT2D eigenvalue weighted by Gasteiger charge is 2.27. The first-order valence-corrected chi connectivity index (χ1v) is 11.9. The second kappa shape index (κ2) is 12.0. The summed E-state index contributed by atoms with van der Waals surface area (Å²) in [5.41, 5.74) is 0.768. The van der Waals surface area contributed by atoms with E-state index in [1.54, 1.807) is 36.1 Å². The van der Waals surface area contributed by atoms with Crippen LogP contribution in [0.2, 0.25) is 0 Å². The molecular weight excluding hydrogens is 537 g/mol. The lowest BCUT2D eigenvalue weighted by atomic mass is 10.1. The van der Waals surface area contributed by atoms with Gasteiger partial charge in [0.05, 0.1) is 23.7 Å². The summed E-state index contributed by atoms with van der Waals surface area (Å²) in [6.07, 6.45) is 6.40. The molecule has 2 N–H and O–H groups in total. The topological polar surface area (TPSA) is 121 Å². The Labute approximate surface area is 200 Å². The molecule has 0 saturated carbocycles. The number of aromatic nitrogens is 2. The van der Waals surface area contributed by atoms with E-state index in [-0.39, 0.29) is 54.8 Å². The van der Waals surface area contributed by atoms with Crippen LogP contribution in [0, 0.1) is 0 Å². The van der Waals surface area contributed by atoms with E-state index in [4.69, 9.17) is 4.74 Å². The minimum absolute atomic E-state index is 0. The van der Waals surface area contributed by atoms with Crippen LogP contribution in [0.25, 0.3) is 0 Å². The van der Waals surface area contributed by atoms with E-state index in [9.17, 15) is 13.2 Å². The Kier molecular flexibility index (Phi) is 9.96. The molecule has 13 heteroatoms. The Bertz CT molecular complexity index is 855. The lowest BCUT2D eigenvalue weighted by Crippen LogP contribution is -2.55. The molecule has 1 atom stereocenters. The molecule has 0 aliphatic carbocycles. The normalized spacial score (nSPS) is 20.5. The van der Waals surface area contributed by atoms with Crippen molar-refractivity contribution in [1.82, 2.24) is 24.7 Å². The minimum atomic E-state index is -3.42. The first kappa shape index (κ1) is 25.8. The third kappa shape index (κ3) is 7.57. The number of hydrogen-bond donors (Lipinski definition) is 2. The zero-order valence-electron chi connectivity index (χ0n) is 18.0. The fourth-order valence-electron chi connectivity index (χ4n) is 3.56. The number of aliphatic imine (C=N–C) groups is 1. The van der Waals surface area contributed by atoms with Gasteiger partial charge in [0.2, 0.25) is 15.9 Å². The number of piperazine rings is 1. The molecule has 1 unspecified atom stereocenters. The molecule has 1 amide bonds. The van der Waals surface area contributed by atoms with Crippen molar-refractivity contribution >= 4 is 51.6 Å². The maximum Gasteiger partial charge on any atom is 0.246 e. The van der Waals surface area contributed by atoms with Crippen LogP contribution >= 0.6 is 24.0 Å². The first-order chi connectivity index (χ1) is 14.4. The van der Waals surface area contributed by atoms with E-state index < -0.39 is 10.0 Å². The number of carbonyl (C=O) groups excluding carboxylic acids is 1. The number of rotatable bonds is 7. The number of halogens is 1. The number of nitrogens with zero attached hydrogens (tertiary/aromatic N) is 5. The summed E-state index contributed by atoms with van der Waals surface area (Å²) in [4.78, 5) is 20.3. The fourth-order valence-corrected chi connectivity index (χ4v) is 4.52. The van der Waals surface area contributed by atoms with E-state index in [2.05, 4.69) is 20.1 Å². The third-order valence-corrected chi connectivity index (χ3v) is 6.54. The Morgan fingerprint density at radius 1 is 1.35 bits per heavy atom. The van der Waals surface area contributed by atoms with Gasteiger partial charge in [-0.15, -0.1) is 24.0 Å². The highest BCUT2D eigenvalue weighted by molar-refractivity contribution is 14.0. The molecular formula is C18H32IN7O4S. The maximum atomic E-state index is 12.6.